The van der Waals surface area contributed by atoms with Crippen molar-refractivity contribution in [3.05, 3.63) is 24.3 Å². The molecule has 0 aliphatic rings. The minimum atomic E-state index is 0.489. The van der Waals surface area contributed by atoms with Gasteiger partial charge in [-0.25, -0.2) is 0 Å². The Kier molecular flexibility index (Phi) is 1.69. The molecule has 3 rings (SSSR count). The van der Waals surface area contributed by atoms with E-state index < -0.39 is 0 Å². The molecule has 1 aromatic heterocycles. The molecular formula is C12H12N4O. The maximum atomic E-state index is 5.96. The number of benzene rings is 2. The molecule has 5 nitrogen and oxygen atoms in total. The molecule has 0 bridgehead atoms. The number of fused-ring (bicyclic) bond motifs is 3. The molecule has 0 atom stereocenters. The Balaban J connectivity index is 2.58. The maximum absolute atomic E-state index is 5.96. The number of hydrogen-bond donors (Lipinski definition) is 4. The van der Waals surface area contributed by atoms with Crippen molar-refractivity contribution >= 4 is 44.7 Å². The minimum Gasteiger partial charge on any atom is -0.456 e. The molecule has 0 radical (unpaired) electrons. The Hall–Kier alpha value is -2.56. The highest BCUT2D eigenvalue weighted by Crippen LogP contribution is 2.37. The fraction of sp³-hybridized carbons (Fsp3) is 0. The standard InChI is InChI=1S/C12H12N4O/c13-6-1-2-9-11(12(6)16)5-3-7(14)8(15)4-10(5)17-9/h1-4H,13-16H2. The van der Waals surface area contributed by atoms with Gasteiger partial charge in [-0.3, -0.25) is 0 Å². The normalized spacial score (nSPS) is 11.3. The molecule has 17 heavy (non-hydrogen) atoms. The third kappa shape index (κ3) is 1.19. The SMILES string of the molecule is Nc1cc2oc3ccc(N)c(N)c3c2cc1N. The number of rotatable bonds is 0. The lowest BCUT2D eigenvalue weighted by atomic mass is 10.1. The lowest BCUT2D eigenvalue weighted by Gasteiger charge is -2.01. The first-order valence-electron chi connectivity index (χ1n) is 5.13. The van der Waals surface area contributed by atoms with Gasteiger partial charge in [0.05, 0.1) is 28.1 Å². The molecule has 3 aromatic rings. The lowest BCUT2D eigenvalue weighted by Crippen LogP contribution is -1.95. The summed E-state index contributed by atoms with van der Waals surface area (Å²) in [4.78, 5) is 0. The smallest absolute Gasteiger partial charge is 0.137 e. The van der Waals surface area contributed by atoms with Crippen LogP contribution in [0.5, 0.6) is 0 Å². The van der Waals surface area contributed by atoms with Crippen LogP contribution in [-0.2, 0) is 0 Å². The molecule has 2 aromatic carbocycles. The monoisotopic (exact) mass is 228 g/mol. The van der Waals surface area contributed by atoms with E-state index in [1.807, 2.05) is 0 Å². The van der Waals surface area contributed by atoms with Gasteiger partial charge >= 0.3 is 0 Å². The first kappa shape index (κ1) is 9.65. The van der Waals surface area contributed by atoms with E-state index in [-0.39, 0.29) is 0 Å². The van der Waals surface area contributed by atoms with Gasteiger partial charge in [-0.2, -0.15) is 0 Å². The van der Waals surface area contributed by atoms with E-state index in [2.05, 4.69) is 0 Å². The van der Waals surface area contributed by atoms with E-state index in [0.29, 0.717) is 33.9 Å². The largest absolute Gasteiger partial charge is 0.456 e. The quantitative estimate of drug-likeness (QED) is 0.438. The average molecular weight is 228 g/mol. The van der Waals surface area contributed by atoms with Gasteiger partial charge in [0.1, 0.15) is 11.2 Å². The van der Waals surface area contributed by atoms with E-state index in [1.165, 1.54) is 0 Å². The molecule has 0 aliphatic heterocycles. The Labute approximate surface area is 96.9 Å². The van der Waals surface area contributed by atoms with Gasteiger partial charge in [-0.15, -0.1) is 0 Å². The van der Waals surface area contributed by atoms with Gasteiger partial charge in [0.2, 0.25) is 0 Å². The van der Waals surface area contributed by atoms with Crippen LogP contribution < -0.4 is 22.9 Å². The molecule has 8 N–H and O–H groups in total. The maximum Gasteiger partial charge on any atom is 0.137 e. The van der Waals surface area contributed by atoms with Crippen molar-refractivity contribution in [3.8, 4) is 0 Å². The van der Waals surface area contributed by atoms with Crippen LogP contribution in [0.1, 0.15) is 0 Å². The molecule has 0 saturated carbocycles. The molecule has 86 valence electrons. The second kappa shape index (κ2) is 2.98. The summed E-state index contributed by atoms with van der Waals surface area (Å²) in [5.41, 5.74) is 26.6. The highest BCUT2D eigenvalue weighted by atomic mass is 16.3. The van der Waals surface area contributed by atoms with Crippen molar-refractivity contribution in [2.45, 2.75) is 0 Å². The first-order valence-corrected chi connectivity index (χ1v) is 5.13. The summed E-state index contributed by atoms with van der Waals surface area (Å²) in [6, 6.07) is 6.95. The molecule has 0 fully saturated rings. The summed E-state index contributed by atoms with van der Waals surface area (Å²) >= 11 is 0. The second-order valence-corrected chi connectivity index (χ2v) is 4.02. The van der Waals surface area contributed by atoms with Crippen LogP contribution in [0.15, 0.2) is 28.7 Å². The Morgan fingerprint density at radius 2 is 1.47 bits per heavy atom. The van der Waals surface area contributed by atoms with E-state index in [0.717, 1.165) is 10.8 Å². The van der Waals surface area contributed by atoms with E-state index in [1.54, 1.807) is 24.3 Å². The number of hydrogen-bond acceptors (Lipinski definition) is 5. The number of furan rings is 1. The number of nitrogens with two attached hydrogens (primary N) is 4. The van der Waals surface area contributed by atoms with E-state index in [9.17, 15) is 0 Å². The Morgan fingerprint density at radius 1 is 0.765 bits per heavy atom. The molecule has 1 heterocycles. The van der Waals surface area contributed by atoms with Crippen molar-refractivity contribution in [1.29, 1.82) is 0 Å². The van der Waals surface area contributed by atoms with E-state index >= 15 is 0 Å². The van der Waals surface area contributed by atoms with Crippen LogP contribution in [0, 0.1) is 0 Å². The first-order chi connectivity index (χ1) is 8.08. The van der Waals surface area contributed by atoms with Crippen molar-refractivity contribution in [3.63, 3.8) is 0 Å². The van der Waals surface area contributed by atoms with Crippen LogP contribution in [0.2, 0.25) is 0 Å². The molecule has 5 heteroatoms. The van der Waals surface area contributed by atoms with Crippen LogP contribution in [0.3, 0.4) is 0 Å². The zero-order valence-corrected chi connectivity index (χ0v) is 9.03. The third-order valence-corrected chi connectivity index (χ3v) is 2.92. The minimum absolute atomic E-state index is 0.489. The predicted molar refractivity (Wildman–Crippen MR) is 71.4 cm³/mol. The fourth-order valence-corrected chi connectivity index (χ4v) is 1.99. The van der Waals surface area contributed by atoms with Crippen LogP contribution in [0.4, 0.5) is 22.7 Å². The second-order valence-electron chi connectivity index (χ2n) is 4.02. The van der Waals surface area contributed by atoms with Gasteiger partial charge < -0.3 is 27.4 Å². The summed E-state index contributed by atoms with van der Waals surface area (Å²) in [5.74, 6) is 0. The van der Waals surface area contributed by atoms with Gasteiger partial charge in [0.25, 0.3) is 0 Å². The van der Waals surface area contributed by atoms with Crippen molar-refractivity contribution in [2.24, 2.45) is 0 Å². The summed E-state index contributed by atoms with van der Waals surface area (Å²) in [6.45, 7) is 0. The fourth-order valence-electron chi connectivity index (χ4n) is 1.99. The van der Waals surface area contributed by atoms with Gasteiger partial charge in [0, 0.05) is 11.5 Å². The van der Waals surface area contributed by atoms with Crippen molar-refractivity contribution in [2.75, 3.05) is 22.9 Å². The lowest BCUT2D eigenvalue weighted by molar-refractivity contribution is 0.669. The average Bonchev–Trinajstić information content (AvgIpc) is 2.63. The van der Waals surface area contributed by atoms with E-state index in [4.69, 9.17) is 27.4 Å². The van der Waals surface area contributed by atoms with Crippen LogP contribution in [-0.4, -0.2) is 0 Å². The topological polar surface area (TPSA) is 117 Å². The third-order valence-electron chi connectivity index (χ3n) is 2.92. The summed E-state index contributed by atoms with van der Waals surface area (Å²) in [7, 11) is 0. The van der Waals surface area contributed by atoms with Gasteiger partial charge in [0.15, 0.2) is 0 Å². The van der Waals surface area contributed by atoms with Crippen molar-refractivity contribution < 1.29 is 4.42 Å². The molecule has 0 unspecified atom stereocenters. The molecule has 0 amide bonds. The van der Waals surface area contributed by atoms with Gasteiger partial charge in [-0.1, -0.05) is 0 Å². The van der Waals surface area contributed by atoms with Crippen molar-refractivity contribution in [1.82, 2.24) is 0 Å². The van der Waals surface area contributed by atoms with Crippen LogP contribution in [0.25, 0.3) is 21.9 Å². The highest BCUT2D eigenvalue weighted by Gasteiger charge is 2.13. The zero-order valence-electron chi connectivity index (χ0n) is 9.03. The Morgan fingerprint density at radius 3 is 2.24 bits per heavy atom. The Bertz CT molecular complexity index is 745. The molecule has 0 saturated heterocycles. The summed E-state index contributed by atoms with van der Waals surface area (Å²) in [6.07, 6.45) is 0. The number of anilines is 4. The highest BCUT2D eigenvalue weighted by molar-refractivity contribution is 6.14. The molecule has 0 aliphatic carbocycles. The molecule has 0 spiro atoms. The van der Waals surface area contributed by atoms with Crippen LogP contribution >= 0.6 is 0 Å². The number of nitrogen functional groups attached to an aromatic ring is 4. The zero-order chi connectivity index (χ0) is 12.2. The molecular weight excluding hydrogens is 216 g/mol. The summed E-state index contributed by atoms with van der Waals surface area (Å²) in [5, 5.41) is 1.61. The van der Waals surface area contributed by atoms with Gasteiger partial charge in [-0.05, 0) is 18.2 Å². The summed E-state index contributed by atoms with van der Waals surface area (Å²) < 4.78 is 5.65. The predicted octanol–water partition coefficient (Wildman–Crippen LogP) is 1.91.